The number of hydrogen-bond acceptors (Lipinski definition) is 3. The van der Waals surface area contributed by atoms with Crippen LogP contribution >= 0.6 is 0 Å². The SMILES string of the molecule is CC1(C)c2cc3cc(N(c4ccccc4)c4ccccc4)ccc3cc2-c2cc3oc4cc5c(cc4c3cc21)C(C)(C)c1cc2cc(N(c3ccccc3)c3ccccc3)ccc2cc1-5. The Morgan fingerprint density at radius 2 is 0.615 bits per heavy atom. The van der Waals surface area contributed by atoms with Crippen LogP contribution in [0.5, 0.6) is 0 Å². The molecule has 0 N–H and O–H groups in total. The maximum Gasteiger partial charge on any atom is 0.136 e. The molecule has 10 aromatic carbocycles. The Morgan fingerprint density at radius 3 is 0.969 bits per heavy atom. The van der Waals surface area contributed by atoms with Gasteiger partial charge < -0.3 is 14.2 Å². The van der Waals surface area contributed by atoms with Crippen molar-refractivity contribution in [2.24, 2.45) is 0 Å². The quantitative estimate of drug-likeness (QED) is 0.166. The molecule has 0 radical (unpaired) electrons. The molecule has 0 saturated heterocycles. The van der Waals surface area contributed by atoms with Crippen molar-refractivity contribution in [1.82, 2.24) is 0 Å². The van der Waals surface area contributed by atoms with Gasteiger partial charge in [-0.1, -0.05) is 113 Å². The molecule has 13 rings (SSSR count). The number of nitrogens with zero attached hydrogens (tertiary/aromatic N) is 2. The summed E-state index contributed by atoms with van der Waals surface area (Å²) in [6.07, 6.45) is 0. The lowest BCUT2D eigenvalue weighted by atomic mass is 9.80. The molecule has 0 atom stereocenters. The summed E-state index contributed by atoms with van der Waals surface area (Å²) >= 11 is 0. The molecule has 3 heteroatoms. The lowest BCUT2D eigenvalue weighted by Gasteiger charge is -2.26. The zero-order valence-electron chi connectivity index (χ0n) is 36.9. The van der Waals surface area contributed by atoms with E-state index >= 15 is 0 Å². The molecule has 2 aliphatic carbocycles. The first-order chi connectivity index (χ1) is 31.7. The Balaban J connectivity index is 0.895. The fraction of sp³-hybridized carbons (Fsp3) is 0.0968. The molecule has 0 saturated carbocycles. The van der Waals surface area contributed by atoms with Crippen LogP contribution in [0.15, 0.2) is 211 Å². The molecule has 65 heavy (non-hydrogen) atoms. The average molecular weight is 835 g/mol. The third-order valence-corrected chi connectivity index (χ3v) is 14.5. The van der Waals surface area contributed by atoms with Crippen molar-refractivity contribution in [3.8, 4) is 22.3 Å². The third-order valence-electron chi connectivity index (χ3n) is 14.5. The highest BCUT2D eigenvalue weighted by Gasteiger charge is 2.39. The van der Waals surface area contributed by atoms with Crippen LogP contribution < -0.4 is 9.80 Å². The van der Waals surface area contributed by atoms with Crippen molar-refractivity contribution in [3.05, 3.63) is 229 Å². The van der Waals surface area contributed by atoms with Crippen LogP contribution in [-0.4, -0.2) is 0 Å². The Bertz CT molecular complexity index is 3380. The summed E-state index contributed by atoms with van der Waals surface area (Å²) in [5, 5.41) is 7.29. The van der Waals surface area contributed by atoms with E-state index in [-0.39, 0.29) is 10.8 Å². The van der Waals surface area contributed by atoms with Crippen molar-refractivity contribution < 1.29 is 4.42 Å². The molecule has 2 aliphatic rings. The number of furan rings is 1. The molecule has 310 valence electrons. The van der Waals surface area contributed by atoms with Crippen LogP contribution in [0, 0.1) is 0 Å². The van der Waals surface area contributed by atoms with E-state index in [1.165, 1.54) is 76.8 Å². The summed E-state index contributed by atoms with van der Waals surface area (Å²) in [6.45, 7) is 9.53. The van der Waals surface area contributed by atoms with E-state index in [1.54, 1.807) is 0 Å². The summed E-state index contributed by atoms with van der Waals surface area (Å²) in [4.78, 5) is 4.68. The van der Waals surface area contributed by atoms with Gasteiger partial charge in [-0.15, -0.1) is 0 Å². The average Bonchev–Trinajstić information content (AvgIpc) is 3.88. The van der Waals surface area contributed by atoms with E-state index in [4.69, 9.17) is 4.42 Å². The first-order valence-electron chi connectivity index (χ1n) is 22.7. The number of rotatable bonds is 6. The molecule has 0 fully saturated rings. The Kier molecular flexibility index (Phi) is 8.00. The molecular formula is C62H46N2O. The van der Waals surface area contributed by atoms with Gasteiger partial charge in [-0.25, -0.2) is 0 Å². The van der Waals surface area contributed by atoms with E-state index in [1.807, 2.05) is 0 Å². The highest BCUT2D eigenvalue weighted by Crippen LogP contribution is 2.55. The minimum atomic E-state index is -0.201. The highest BCUT2D eigenvalue weighted by molar-refractivity contribution is 6.11. The normalized spacial score (nSPS) is 14.1. The van der Waals surface area contributed by atoms with E-state index < -0.39 is 0 Å². The van der Waals surface area contributed by atoms with Gasteiger partial charge >= 0.3 is 0 Å². The van der Waals surface area contributed by atoms with Gasteiger partial charge in [0.05, 0.1) is 0 Å². The molecule has 11 aromatic rings. The van der Waals surface area contributed by atoms with Crippen LogP contribution in [0.4, 0.5) is 34.1 Å². The minimum Gasteiger partial charge on any atom is -0.456 e. The van der Waals surface area contributed by atoms with Crippen molar-refractivity contribution in [2.75, 3.05) is 9.80 Å². The van der Waals surface area contributed by atoms with E-state index in [2.05, 4.69) is 244 Å². The van der Waals surface area contributed by atoms with Gasteiger partial charge in [0.1, 0.15) is 11.2 Å². The molecule has 0 amide bonds. The minimum absolute atomic E-state index is 0.201. The van der Waals surface area contributed by atoms with Crippen molar-refractivity contribution >= 4 is 77.6 Å². The van der Waals surface area contributed by atoms with Crippen LogP contribution in [0.2, 0.25) is 0 Å². The van der Waals surface area contributed by atoms with E-state index in [0.29, 0.717) is 0 Å². The number of hydrogen-bond donors (Lipinski definition) is 0. The number of benzene rings is 10. The predicted octanol–water partition coefficient (Wildman–Crippen LogP) is 17.4. The van der Waals surface area contributed by atoms with Crippen LogP contribution in [0.25, 0.3) is 65.7 Å². The summed E-state index contributed by atoms with van der Waals surface area (Å²) in [5.74, 6) is 0. The lowest BCUT2D eigenvalue weighted by molar-refractivity contribution is 0.656. The molecule has 0 spiro atoms. The summed E-state index contributed by atoms with van der Waals surface area (Å²) < 4.78 is 6.89. The second-order valence-electron chi connectivity index (χ2n) is 19.0. The van der Waals surface area contributed by atoms with Crippen molar-refractivity contribution in [1.29, 1.82) is 0 Å². The van der Waals surface area contributed by atoms with Gasteiger partial charge in [0.2, 0.25) is 0 Å². The van der Waals surface area contributed by atoms with Gasteiger partial charge in [-0.3, -0.25) is 0 Å². The third kappa shape index (κ3) is 5.68. The molecule has 1 heterocycles. The largest absolute Gasteiger partial charge is 0.456 e. The zero-order chi connectivity index (χ0) is 43.6. The fourth-order valence-corrected chi connectivity index (χ4v) is 11.2. The second kappa shape index (κ2) is 13.8. The predicted molar refractivity (Wildman–Crippen MR) is 273 cm³/mol. The standard InChI is InChI=1S/C62H46N2O/c1-61(2)55-33-41-29-47(63(43-17-9-5-10-18-43)44-19-11-6-12-20-44)27-25-39(41)31-49(55)51-37-59-53(35-57(51)61)54-36-58-52(38-60(54)65-59)50-32-40-26-28-48(30-42(40)34-56(50)62(58,3)4)64(45-21-13-7-14-22-45)46-23-15-8-16-24-46/h5-38H,1-4H3. The summed E-state index contributed by atoms with van der Waals surface area (Å²) in [7, 11) is 0. The Morgan fingerprint density at radius 1 is 0.292 bits per heavy atom. The first-order valence-corrected chi connectivity index (χ1v) is 22.7. The van der Waals surface area contributed by atoms with Crippen LogP contribution in [0.3, 0.4) is 0 Å². The Labute approximate surface area is 379 Å². The zero-order valence-corrected chi connectivity index (χ0v) is 36.9. The van der Waals surface area contributed by atoms with Crippen LogP contribution in [-0.2, 0) is 10.8 Å². The molecular weight excluding hydrogens is 789 g/mol. The van der Waals surface area contributed by atoms with Crippen molar-refractivity contribution in [2.45, 2.75) is 38.5 Å². The van der Waals surface area contributed by atoms with Crippen LogP contribution in [0.1, 0.15) is 49.9 Å². The molecule has 0 bridgehead atoms. The molecule has 3 nitrogen and oxygen atoms in total. The summed E-state index contributed by atoms with van der Waals surface area (Å²) in [5.41, 5.74) is 18.8. The van der Waals surface area contributed by atoms with E-state index in [0.717, 1.165) is 45.3 Å². The van der Waals surface area contributed by atoms with Gasteiger partial charge in [0.15, 0.2) is 0 Å². The number of para-hydroxylation sites is 4. The smallest absolute Gasteiger partial charge is 0.136 e. The van der Waals surface area contributed by atoms with E-state index in [9.17, 15) is 0 Å². The van der Waals surface area contributed by atoms with Gasteiger partial charge in [0, 0.05) is 55.7 Å². The number of anilines is 6. The topological polar surface area (TPSA) is 19.6 Å². The molecule has 1 aromatic heterocycles. The monoisotopic (exact) mass is 834 g/mol. The van der Waals surface area contributed by atoms with Crippen molar-refractivity contribution in [3.63, 3.8) is 0 Å². The summed E-state index contributed by atoms with van der Waals surface area (Å²) in [6, 6.07) is 75.5. The first kappa shape index (κ1) is 37.7. The van der Waals surface area contributed by atoms with Gasteiger partial charge in [0.25, 0.3) is 0 Å². The maximum absolute atomic E-state index is 6.89. The lowest BCUT2D eigenvalue weighted by Crippen LogP contribution is -2.15. The second-order valence-corrected chi connectivity index (χ2v) is 19.0. The van der Waals surface area contributed by atoms with Gasteiger partial charge in [-0.05, 0) is 187 Å². The maximum atomic E-state index is 6.89. The fourth-order valence-electron chi connectivity index (χ4n) is 11.2. The molecule has 0 unspecified atom stereocenters. The number of fused-ring (bicyclic) bond motifs is 11. The van der Waals surface area contributed by atoms with Gasteiger partial charge in [-0.2, -0.15) is 0 Å². The molecule has 0 aliphatic heterocycles. The Hall–Kier alpha value is -7.88. The highest BCUT2D eigenvalue weighted by atomic mass is 16.3.